The fraction of sp³-hybridized carbons (Fsp3) is 0.571. The number of anilines is 1. The second kappa shape index (κ2) is 7.36. The number of nitrogens with zero attached hydrogens (tertiary/aromatic N) is 6. The Hall–Kier alpha value is -2.99. The monoisotopic (exact) mass is 408 g/mol. The van der Waals surface area contributed by atoms with Crippen molar-refractivity contribution >= 4 is 11.7 Å². The smallest absolute Gasteiger partial charge is 0.233 e. The van der Waals surface area contributed by atoms with Crippen molar-refractivity contribution in [2.24, 2.45) is 11.3 Å². The summed E-state index contributed by atoms with van der Waals surface area (Å²) in [6.07, 6.45) is 3.35. The van der Waals surface area contributed by atoms with E-state index in [0.717, 1.165) is 18.7 Å². The minimum Gasteiger partial charge on any atom is -0.380 e. The number of fused-ring (bicyclic) bond motifs is 1. The van der Waals surface area contributed by atoms with Crippen LogP contribution < -0.4 is 4.90 Å². The number of aromatic nitrogens is 3. The van der Waals surface area contributed by atoms with E-state index in [1.807, 2.05) is 4.90 Å². The van der Waals surface area contributed by atoms with E-state index < -0.39 is 5.41 Å². The first-order chi connectivity index (χ1) is 14.6. The standard InChI is InChI=1S/C21H24N6O3/c1-14-24-18(25-30-14)15-4-7-26(8-5-15)20(28)21-12-27(10-17(21)11-29-13-21)19-16(9-22)3-2-6-23-19/h2-3,6,15,17H,4-5,7-8,10-13H2,1H3/t17-,21-/m0/s1. The van der Waals surface area contributed by atoms with Crippen LogP contribution in [0.15, 0.2) is 22.9 Å². The van der Waals surface area contributed by atoms with Crippen LogP contribution in [-0.2, 0) is 9.53 Å². The molecule has 9 heteroatoms. The Morgan fingerprint density at radius 1 is 1.37 bits per heavy atom. The first kappa shape index (κ1) is 19.0. The summed E-state index contributed by atoms with van der Waals surface area (Å²) in [5.41, 5.74) is -0.0305. The largest absolute Gasteiger partial charge is 0.380 e. The summed E-state index contributed by atoms with van der Waals surface area (Å²) >= 11 is 0. The highest BCUT2D eigenvalue weighted by Crippen LogP contribution is 2.45. The van der Waals surface area contributed by atoms with Crippen LogP contribution in [0.4, 0.5) is 5.82 Å². The van der Waals surface area contributed by atoms with Gasteiger partial charge in [0.1, 0.15) is 11.9 Å². The van der Waals surface area contributed by atoms with Crippen LogP contribution in [0.2, 0.25) is 0 Å². The first-order valence-corrected chi connectivity index (χ1v) is 10.4. The molecule has 2 aromatic heterocycles. The quantitative estimate of drug-likeness (QED) is 0.752. The number of aryl methyl sites for hydroxylation is 1. The van der Waals surface area contributed by atoms with E-state index in [1.54, 1.807) is 25.3 Å². The average Bonchev–Trinajstić information content (AvgIpc) is 3.47. The number of hydrogen-bond acceptors (Lipinski definition) is 8. The normalized spacial score (nSPS) is 26.6. The lowest BCUT2D eigenvalue weighted by Crippen LogP contribution is -2.51. The Bertz CT molecular complexity index is 993. The molecule has 3 aliphatic heterocycles. The molecule has 2 aromatic rings. The molecular formula is C21H24N6O3. The van der Waals surface area contributed by atoms with Crippen LogP contribution >= 0.6 is 0 Å². The molecule has 0 bridgehead atoms. The van der Waals surface area contributed by atoms with E-state index in [0.29, 0.717) is 56.7 Å². The van der Waals surface area contributed by atoms with Crippen molar-refractivity contribution in [3.8, 4) is 6.07 Å². The third-order valence-electron chi connectivity index (χ3n) is 6.70. The van der Waals surface area contributed by atoms with Crippen molar-refractivity contribution in [3.05, 3.63) is 35.6 Å². The van der Waals surface area contributed by atoms with Gasteiger partial charge < -0.3 is 19.1 Å². The molecule has 30 heavy (non-hydrogen) atoms. The number of rotatable bonds is 3. The van der Waals surface area contributed by atoms with Crippen molar-refractivity contribution in [1.82, 2.24) is 20.0 Å². The number of pyridine rings is 1. The highest BCUT2D eigenvalue weighted by Gasteiger charge is 2.57. The summed E-state index contributed by atoms with van der Waals surface area (Å²) < 4.78 is 10.9. The van der Waals surface area contributed by atoms with Crippen LogP contribution in [0, 0.1) is 29.6 Å². The molecule has 3 aliphatic rings. The average molecular weight is 408 g/mol. The SMILES string of the molecule is Cc1nc(C2CCN(C(=O)[C@@]34COC[C@@H]3CN(c3ncccc3C#N)C4)CC2)no1. The molecule has 156 valence electrons. The van der Waals surface area contributed by atoms with Gasteiger partial charge in [-0.2, -0.15) is 10.2 Å². The van der Waals surface area contributed by atoms with Gasteiger partial charge in [-0.25, -0.2) is 4.98 Å². The zero-order chi connectivity index (χ0) is 20.7. The number of carbonyl (C=O) groups is 1. The number of hydrogen-bond donors (Lipinski definition) is 0. The van der Waals surface area contributed by atoms with Crippen LogP contribution in [0.25, 0.3) is 0 Å². The van der Waals surface area contributed by atoms with Gasteiger partial charge in [0.15, 0.2) is 5.82 Å². The Morgan fingerprint density at radius 2 is 2.20 bits per heavy atom. The van der Waals surface area contributed by atoms with Gasteiger partial charge in [-0.05, 0) is 25.0 Å². The highest BCUT2D eigenvalue weighted by molar-refractivity contribution is 5.85. The van der Waals surface area contributed by atoms with E-state index in [2.05, 4.69) is 26.1 Å². The van der Waals surface area contributed by atoms with Crippen LogP contribution in [0.3, 0.4) is 0 Å². The molecule has 0 radical (unpaired) electrons. The van der Waals surface area contributed by atoms with E-state index in [1.165, 1.54) is 0 Å². The molecule has 0 aromatic carbocycles. The van der Waals surface area contributed by atoms with Gasteiger partial charge in [-0.15, -0.1) is 0 Å². The number of carbonyl (C=O) groups excluding carboxylic acids is 1. The summed E-state index contributed by atoms with van der Waals surface area (Å²) in [5, 5.41) is 13.5. The van der Waals surface area contributed by atoms with Gasteiger partial charge in [0.2, 0.25) is 11.8 Å². The van der Waals surface area contributed by atoms with Gasteiger partial charge in [0, 0.05) is 51.1 Å². The van der Waals surface area contributed by atoms with Crippen LogP contribution in [0.5, 0.6) is 0 Å². The molecule has 9 nitrogen and oxygen atoms in total. The minimum absolute atomic E-state index is 0.108. The lowest BCUT2D eigenvalue weighted by atomic mass is 9.79. The molecule has 5 rings (SSSR count). The summed E-state index contributed by atoms with van der Waals surface area (Å²) in [6, 6.07) is 5.75. The topological polar surface area (TPSA) is 108 Å². The first-order valence-electron chi connectivity index (χ1n) is 10.4. The third-order valence-corrected chi connectivity index (χ3v) is 6.70. The number of likely N-dealkylation sites (tertiary alicyclic amines) is 1. The summed E-state index contributed by atoms with van der Waals surface area (Å²) in [7, 11) is 0. The number of amides is 1. The Labute approximate surface area is 174 Å². The molecule has 0 spiro atoms. The van der Waals surface area contributed by atoms with Crippen LogP contribution in [0.1, 0.15) is 36.0 Å². The molecule has 0 unspecified atom stereocenters. The van der Waals surface area contributed by atoms with Crippen molar-refractivity contribution in [1.29, 1.82) is 5.26 Å². The molecular weight excluding hydrogens is 384 g/mol. The molecule has 0 N–H and O–H groups in total. The summed E-state index contributed by atoms with van der Waals surface area (Å²) in [6.45, 7) is 5.35. The maximum absolute atomic E-state index is 13.7. The number of piperidine rings is 1. The summed E-state index contributed by atoms with van der Waals surface area (Å²) in [5.74, 6) is 2.47. The van der Waals surface area contributed by atoms with E-state index >= 15 is 0 Å². The predicted octanol–water partition coefficient (Wildman–Crippen LogP) is 1.50. The van der Waals surface area contributed by atoms with Crippen molar-refractivity contribution in [2.45, 2.75) is 25.7 Å². The molecule has 3 saturated heterocycles. The maximum Gasteiger partial charge on any atom is 0.233 e. The molecule has 2 atom stereocenters. The zero-order valence-electron chi connectivity index (χ0n) is 17.0. The minimum atomic E-state index is -0.570. The second-order valence-electron chi connectivity index (χ2n) is 8.47. The van der Waals surface area contributed by atoms with Crippen molar-refractivity contribution in [2.75, 3.05) is 44.3 Å². The van der Waals surface area contributed by atoms with Gasteiger partial charge in [0.05, 0.1) is 24.2 Å². The van der Waals surface area contributed by atoms with Crippen molar-refractivity contribution < 1.29 is 14.1 Å². The lowest BCUT2D eigenvalue weighted by Gasteiger charge is -2.37. The predicted molar refractivity (Wildman–Crippen MR) is 105 cm³/mol. The maximum atomic E-state index is 13.7. The Morgan fingerprint density at radius 3 is 2.93 bits per heavy atom. The fourth-order valence-electron chi connectivity index (χ4n) is 5.07. The van der Waals surface area contributed by atoms with Gasteiger partial charge >= 0.3 is 0 Å². The number of ether oxygens (including phenoxy) is 1. The fourth-order valence-corrected chi connectivity index (χ4v) is 5.07. The van der Waals surface area contributed by atoms with E-state index in [9.17, 15) is 10.1 Å². The summed E-state index contributed by atoms with van der Waals surface area (Å²) in [4.78, 5) is 26.5. The zero-order valence-corrected chi connectivity index (χ0v) is 17.0. The lowest BCUT2D eigenvalue weighted by molar-refractivity contribution is -0.143. The molecule has 3 fully saturated rings. The van der Waals surface area contributed by atoms with Crippen molar-refractivity contribution in [3.63, 3.8) is 0 Å². The van der Waals surface area contributed by atoms with Gasteiger partial charge in [-0.1, -0.05) is 5.16 Å². The van der Waals surface area contributed by atoms with E-state index in [-0.39, 0.29) is 17.7 Å². The number of nitriles is 1. The van der Waals surface area contributed by atoms with Gasteiger partial charge in [0.25, 0.3) is 0 Å². The molecule has 0 aliphatic carbocycles. The molecule has 0 saturated carbocycles. The second-order valence-corrected chi connectivity index (χ2v) is 8.47. The molecule has 5 heterocycles. The highest BCUT2D eigenvalue weighted by atomic mass is 16.5. The third kappa shape index (κ3) is 3.03. The Kier molecular flexibility index (Phi) is 4.66. The van der Waals surface area contributed by atoms with E-state index in [4.69, 9.17) is 9.26 Å². The molecule has 1 amide bonds. The Balaban J connectivity index is 1.32. The van der Waals surface area contributed by atoms with Crippen LogP contribution in [-0.4, -0.2) is 65.3 Å². The van der Waals surface area contributed by atoms with Gasteiger partial charge in [-0.3, -0.25) is 4.79 Å².